The van der Waals surface area contributed by atoms with Crippen molar-refractivity contribution < 1.29 is 19.5 Å². The van der Waals surface area contributed by atoms with Crippen molar-refractivity contribution in [1.29, 1.82) is 0 Å². The zero-order chi connectivity index (χ0) is 12.1. The first kappa shape index (κ1) is 13.0. The van der Waals surface area contributed by atoms with Crippen LogP contribution in [0.15, 0.2) is 0 Å². The lowest BCUT2D eigenvalue weighted by atomic mass is 9.96. The van der Waals surface area contributed by atoms with Gasteiger partial charge in [0.2, 0.25) is 5.91 Å². The van der Waals surface area contributed by atoms with Crippen LogP contribution in [0.2, 0.25) is 0 Å². The van der Waals surface area contributed by atoms with Crippen molar-refractivity contribution in [2.24, 2.45) is 5.92 Å². The molecule has 90 valence electrons. The Balaban J connectivity index is 2.58. The molecule has 0 aliphatic carbocycles. The van der Waals surface area contributed by atoms with E-state index in [0.717, 1.165) is 0 Å². The van der Waals surface area contributed by atoms with E-state index in [-0.39, 0.29) is 29.4 Å². The van der Waals surface area contributed by atoms with Crippen molar-refractivity contribution in [3.05, 3.63) is 0 Å². The monoisotopic (exact) mass is 292 g/mol. The van der Waals surface area contributed by atoms with E-state index in [1.165, 1.54) is 0 Å². The van der Waals surface area contributed by atoms with Crippen molar-refractivity contribution in [2.75, 3.05) is 11.9 Å². The number of carbonyl (C=O) groups excluding carboxylic acids is 2. The number of carbonyl (C=O) groups is 3. The molecule has 1 heterocycles. The first-order chi connectivity index (χ1) is 7.54. The zero-order valence-electron chi connectivity index (χ0n) is 8.53. The second-order valence-corrected chi connectivity index (χ2v) is 4.18. The number of halogens is 1. The average molecular weight is 293 g/mol. The fourth-order valence-corrected chi connectivity index (χ4v) is 2.06. The number of hydrogen-bond donors (Lipinski definition) is 3. The van der Waals surface area contributed by atoms with Crippen LogP contribution in [0.3, 0.4) is 0 Å². The minimum Gasteiger partial charge on any atom is -0.465 e. The summed E-state index contributed by atoms with van der Waals surface area (Å²) < 4.78 is 0. The van der Waals surface area contributed by atoms with E-state index in [1.807, 2.05) is 0 Å². The molecule has 1 aliphatic heterocycles. The summed E-state index contributed by atoms with van der Waals surface area (Å²) in [5.74, 6) is -0.651. The van der Waals surface area contributed by atoms with Crippen molar-refractivity contribution in [3.63, 3.8) is 0 Å². The average Bonchev–Trinajstić information content (AvgIpc) is 2.61. The summed E-state index contributed by atoms with van der Waals surface area (Å²) in [6, 6.07) is -0.814. The minimum atomic E-state index is -1.25. The van der Waals surface area contributed by atoms with Gasteiger partial charge in [-0.15, -0.1) is 0 Å². The molecule has 0 radical (unpaired) electrons. The maximum atomic E-state index is 11.4. The van der Waals surface area contributed by atoms with Crippen LogP contribution in [0, 0.1) is 5.92 Å². The van der Waals surface area contributed by atoms with E-state index in [0.29, 0.717) is 13.0 Å². The molecule has 1 fully saturated rings. The molecule has 0 bridgehead atoms. The second-order valence-electron chi connectivity index (χ2n) is 3.61. The fourth-order valence-electron chi connectivity index (χ4n) is 1.67. The molecule has 0 aromatic rings. The topological polar surface area (TPSA) is 95.5 Å². The van der Waals surface area contributed by atoms with Gasteiger partial charge in [-0.25, -0.2) is 4.79 Å². The third-order valence-corrected chi connectivity index (χ3v) is 3.05. The Labute approximate surface area is 101 Å². The van der Waals surface area contributed by atoms with Gasteiger partial charge in [-0.3, -0.25) is 9.59 Å². The standard InChI is InChI=1S/C9H13BrN2O4/c10-4-7(13)6(12-9(15)16)3-5-1-2-11-8(5)14/h5-6,12H,1-4H2,(H,11,14)(H,15,16)/t5-,6-/m0/s1. The Morgan fingerprint density at radius 2 is 2.31 bits per heavy atom. The minimum absolute atomic E-state index is 0.0757. The number of rotatable bonds is 5. The SMILES string of the molecule is O=C(O)N[C@@H](C[C@@H]1CCNC1=O)C(=O)CBr. The normalized spacial score (nSPS) is 21.3. The van der Waals surface area contributed by atoms with Gasteiger partial charge in [-0.2, -0.15) is 0 Å². The highest BCUT2D eigenvalue weighted by Crippen LogP contribution is 2.17. The van der Waals surface area contributed by atoms with Gasteiger partial charge in [-0.05, 0) is 12.8 Å². The smallest absolute Gasteiger partial charge is 0.405 e. The molecular weight excluding hydrogens is 280 g/mol. The van der Waals surface area contributed by atoms with Crippen LogP contribution in [-0.2, 0) is 9.59 Å². The molecule has 1 saturated heterocycles. The van der Waals surface area contributed by atoms with Gasteiger partial charge >= 0.3 is 6.09 Å². The number of nitrogens with one attached hydrogen (secondary N) is 2. The van der Waals surface area contributed by atoms with E-state index in [9.17, 15) is 14.4 Å². The van der Waals surface area contributed by atoms with E-state index in [1.54, 1.807) is 0 Å². The molecule has 3 N–H and O–H groups in total. The Hall–Kier alpha value is -1.11. The summed E-state index contributed by atoms with van der Waals surface area (Å²) >= 11 is 2.99. The Kier molecular flexibility index (Phi) is 4.72. The van der Waals surface area contributed by atoms with Crippen LogP contribution >= 0.6 is 15.9 Å². The largest absolute Gasteiger partial charge is 0.465 e. The highest BCUT2D eigenvalue weighted by atomic mass is 79.9. The maximum absolute atomic E-state index is 11.4. The predicted octanol–water partition coefficient (Wildman–Crippen LogP) is 0.113. The molecule has 1 aliphatic rings. The highest BCUT2D eigenvalue weighted by Gasteiger charge is 2.30. The summed E-state index contributed by atoms with van der Waals surface area (Å²) in [5, 5.41) is 13.4. The van der Waals surface area contributed by atoms with Gasteiger partial charge < -0.3 is 15.7 Å². The lowest BCUT2D eigenvalue weighted by molar-refractivity contribution is -0.123. The van der Waals surface area contributed by atoms with Gasteiger partial charge in [0.1, 0.15) is 0 Å². The summed E-state index contributed by atoms with van der Waals surface area (Å²) in [4.78, 5) is 33.2. The van der Waals surface area contributed by atoms with Crippen LogP contribution in [0.1, 0.15) is 12.8 Å². The molecular formula is C9H13BrN2O4. The Bertz CT molecular complexity index is 308. The molecule has 2 atom stereocenters. The van der Waals surface area contributed by atoms with Gasteiger partial charge in [0.15, 0.2) is 5.78 Å². The van der Waals surface area contributed by atoms with Gasteiger partial charge in [0, 0.05) is 12.5 Å². The van der Waals surface area contributed by atoms with Gasteiger partial charge in [-0.1, -0.05) is 15.9 Å². The number of carboxylic acid groups (broad SMARTS) is 1. The highest BCUT2D eigenvalue weighted by molar-refractivity contribution is 9.09. The quantitative estimate of drug-likeness (QED) is 0.627. The van der Waals surface area contributed by atoms with Gasteiger partial charge in [0.05, 0.1) is 11.4 Å². The van der Waals surface area contributed by atoms with E-state index >= 15 is 0 Å². The van der Waals surface area contributed by atoms with Crippen molar-refractivity contribution in [2.45, 2.75) is 18.9 Å². The molecule has 0 spiro atoms. The molecule has 7 heteroatoms. The van der Waals surface area contributed by atoms with Crippen LogP contribution in [-0.4, -0.2) is 40.8 Å². The predicted molar refractivity (Wildman–Crippen MR) is 59.5 cm³/mol. The molecule has 0 unspecified atom stereocenters. The molecule has 1 rings (SSSR count). The summed E-state index contributed by atoms with van der Waals surface area (Å²) in [6.07, 6.45) is -0.382. The molecule has 16 heavy (non-hydrogen) atoms. The number of alkyl halides is 1. The zero-order valence-corrected chi connectivity index (χ0v) is 10.1. The van der Waals surface area contributed by atoms with Crippen LogP contribution in [0.5, 0.6) is 0 Å². The molecule has 0 saturated carbocycles. The van der Waals surface area contributed by atoms with Gasteiger partial charge in [0.25, 0.3) is 0 Å². The fraction of sp³-hybridized carbons (Fsp3) is 0.667. The first-order valence-electron chi connectivity index (χ1n) is 4.90. The van der Waals surface area contributed by atoms with E-state index in [4.69, 9.17) is 5.11 Å². The molecule has 6 nitrogen and oxygen atoms in total. The Morgan fingerprint density at radius 1 is 1.62 bits per heavy atom. The van der Waals surface area contributed by atoms with E-state index < -0.39 is 12.1 Å². The molecule has 0 aromatic carbocycles. The molecule has 0 aromatic heterocycles. The summed E-state index contributed by atoms with van der Waals surface area (Å²) in [7, 11) is 0. The van der Waals surface area contributed by atoms with Crippen LogP contribution in [0.25, 0.3) is 0 Å². The number of ketones is 1. The second kappa shape index (κ2) is 5.83. The van der Waals surface area contributed by atoms with Crippen molar-refractivity contribution >= 4 is 33.7 Å². The maximum Gasteiger partial charge on any atom is 0.405 e. The summed E-state index contributed by atoms with van der Waals surface area (Å²) in [5.41, 5.74) is 0. The van der Waals surface area contributed by atoms with Crippen LogP contribution < -0.4 is 10.6 Å². The molecule has 2 amide bonds. The van der Waals surface area contributed by atoms with Crippen molar-refractivity contribution in [1.82, 2.24) is 10.6 Å². The third kappa shape index (κ3) is 3.48. The van der Waals surface area contributed by atoms with E-state index in [2.05, 4.69) is 26.6 Å². The number of hydrogen-bond acceptors (Lipinski definition) is 3. The third-order valence-electron chi connectivity index (χ3n) is 2.50. The Morgan fingerprint density at radius 3 is 2.75 bits per heavy atom. The van der Waals surface area contributed by atoms with Crippen LogP contribution in [0.4, 0.5) is 4.79 Å². The lowest BCUT2D eigenvalue weighted by Crippen LogP contribution is -2.42. The first-order valence-corrected chi connectivity index (χ1v) is 6.02. The number of amides is 2. The summed E-state index contributed by atoms with van der Waals surface area (Å²) in [6.45, 7) is 0.589. The lowest BCUT2D eigenvalue weighted by Gasteiger charge is -2.17. The van der Waals surface area contributed by atoms with Crippen molar-refractivity contribution in [3.8, 4) is 0 Å². The number of Topliss-reactive ketones (excluding diaryl/α,β-unsaturated/α-hetero) is 1.